The van der Waals surface area contributed by atoms with E-state index in [1.54, 1.807) is 0 Å². The van der Waals surface area contributed by atoms with Crippen LogP contribution in [0.15, 0.2) is 18.2 Å². The minimum Gasteiger partial charge on any atom is -0.489 e. The molecule has 0 radical (unpaired) electrons. The fraction of sp³-hybridized carbons (Fsp3) is 0.500. The molecule has 1 aliphatic heterocycles. The molecule has 0 saturated heterocycles. The van der Waals surface area contributed by atoms with Gasteiger partial charge in [-0.05, 0) is 37.0 Å². The number of carbonyl (C=O) groups is 1. The lowest BCUT2D eigenvalue weighted by atomic mass is 9.98. The van der Waals surface area contributed by atoms with Gasteiger partial charge in [-0.15, -0.1) is 0 Å². The summed E-state index contributed by atoms with van der Waals surface area (Å²) in [4.78, 5) is 12.0. The first-order valence-corrected chi connectivity index (χ1v) is 7.24. The van der Waals surface area contributed by atoms with Crippen molar-refractivity contribution in [2.24, 2.45) is 0 Å². The lowest BCUT2D eigenvalue weighted by Crippen LogP contribution is -2.27. The number of benzene rings is 1. The molecule has 1 aliphatic rings. The lowest BCUT2D eigenvalue weighted by Gasteiger charge is -2.25. The van der Waals surface area contributed by atoms with Gasteiger partial charge in [0.15, 0.2) is 5.78 Å². The summed E-state index contributed by atoms with van der Waals surface area (Å²) in [6, 6.07) is 5.84. The summed E-state index contributed by atoms with van der Waals surface area (Å²) < 4.78 is 5.87. The first-order chi connectivity index (χ1) is 8.20. The van der Waals surface area contributed by atoms with E-state index in [9.17, 15) is 4.79 Å². The highest BCUT2D eigenvalue weighted by Crippen LogP contribution is 2.29. The predicted molar refractivity (Wildman–Crippen MR) is 72.2 cm³/mol. The van der Waals surface area contributed by atoms with Crippen molar-refractivity contribution in [2.75, 3.05) is 11.5 Å². The number of Topliss-reactive ketones (excluding diaryl/α,β-unsaturated/α-hetero) is 1. The molecule has 0 N–H and O–H groups in total. The molecule has 1 atom stereocenters. The van der Waals surface area contributed by atoms with Crippen LogP contribution in [0.1, 0.15) is 35.7 Å². The maximum Gasteiger partial charge on any atom is 0.170 e. The van der Waals surface area contributed by atoms with Crippen molar-refractivity contribution < 1.29 is 9.53 Å². The maximum absolute atomic E-state index is 12.0. The third-order valence-electron chi connectivity index (χ3n) is 2.93. The summed E-state index contributed by atoms with van der Waals surface area (Å²) >= 11 is 1.90. The normalized spacial score (nSPS) is 18.7. The number of ether oxygens (including phenoxy) is 1. The highest BCUT2D eigenvalue weighted by Gasteiger charge is 2.25. The molecule has 17 heavy (non-hydrogen) atoms. The van der Waals surface area contributed by atoms with Crippen LogP contribution >= 0.6 is 11.8 Å². The second-order valence-electron chi connectivity index (χ2n) is 4.35. The van der Waals surface area contributed by atoms with E-state index in [1.807, 2.05) is 36.9 Å². The van der Waals surface area contributed by atoms with Gasteiger partial charge >= 0.3 is 0 Å². The van der Waals surface area contributed by atoms with Gasteiger partial charge in [0.25, 0.3) is 0 Å². The van der Waals surface area contributed by atoms with Crippen LogP contribution in [0.5, 0.6) is 5.75 Å². The molecule has 0 amide bonds. The Bertz CT molecular complexity index is 415. The van der Waals surface area contributed by atoms with E-state index in [4.69, 9.17) is 4.74 Å². The summed E-state index contributed by atoms with van der Waals surface area (Å²) in [5.41, 5.74) is 1.87. The maximum atomic E-state index is 12.0. The number of rotatable bonds is 4. The fourth-order valence-corrected chi connectivity index (χ4v) is 2.74. The van der Waals surface area contributed by atoms with E-state index in [-0.39, 0.29) is 11.9 Å². The van der Waals surface area contributed by atoms with Crippen LogP contribution in [-0.2, 0) is 0 Å². The van der Waals surface area contributed by atoms with Crippen LogP contribution in [0.2, 0.25) is 0 Å². The van der Waals surface area contributed by atoms with E-state index < -0.39 is 0 Å². The van der Waals surface area contributed by atoms with Crippen molar-refractivity contribution in [3.63, 3.8) is 0 Å². The molecule has 0 aromatic heterocycles. The molecule has 0 aliphatic carbocycles. The standard InChI is InChI=1S/C14H18O2S/c1-3-17-7-6-11-9-13(15)12-8-10(2)4-5-14(12)16-11/h4-5,8,11H,3,6-7,9H2,1-2H3. The summed E-state index contributed by atoms with van der Waals surface area (Å²) in [5, 5.41) is 0. The zero-order valence-electron chi connectivity index (χ0n) is 10.4. The van der Waals surface area contributed by atoms with Gasteiger partial charge in [0.2, 0.25) is 0 Å². The molecule has 1 unspecified atom stereocenters. The molecule has 2 nitrogen and oxygen atoms in total. The first-order valence-electron chi connectivity index (χ1n) is 6.09. The largest absolute Gasteiger partial charge is 0.489 e. The van der Waals surface area contributed by atoms with Crippen molar-refractivity contribution in [2.45, 2.75) is 32.8 Å². The Morgan fingerprint density at radius 1 is 1.47 bits per heavy atom. The van der Waals surface area contributed by atoms with Gasteiger partial charge in [0.1, 0.15) is 11.9 Å². The molecule has 92 valence electrons. The van der Waals surface area contributed by atoms with Crippen molar-refractivity contribution in [3.05, 3.63) is 29.3 Å². The number of thioether (sulfide) groups is 1. The monoisotopic (exact) mass is 250 g/mol. The minimum absolute atomic E-state index is 0.0664. The van der Waals surface area contributed by atoms with Crippen molar-refractivity contribution in [3.8, 4) is 5.75 Å². The van der Waals surface area contributed by atoms with Gasteiger partial charge in [-0.3, -0.25) is 4.79 Å². The Morgan fingerprint density at radius 2 is 2.29 bits per heavy atom. The molecule has 1 aromatic carbocycles. The molecule has 0 saturated carbocycles. The zero-order valence-corrected chi connectivity index (χ0v) is 11.2. The van der Waals surface area contributed by atoms with Gasteiger partial charge in [-0.1, -0.05) is 18.6 Å². The predicted octanol–water partition coefficient (Wildman–Crippen LogP) is 3.47. The molecule has 2 rings (SSSR count). The SMILES string of the molecule is CCSCCC1CC(=O)c2cc(C)ccc2O1. The second-order valence-corrected chi connectivity index (χ2v) is 5.75. The third-order valence-corrected chi connectivity index (χ3v) is 3.86. The number of aryl methyl sites for hydroxylation is 1. The Balaban J connectivity index is 2.06. The van der Waals surface area contributed by atoms with Crippen molar-refractivity contribution >= 4 is 17.5 Å². The third kappa shape index (κ3) is 3.03. The minimum atomic E-state index is 0.0664. The number of hydrogen-bond donors (Lipinski definition) is 0. The van der Waals surface area contributed by atoms with E-state index in [2.05, 4.69) is 6.92 Å². The molecule has 0 spiro atoms. The quantitative estimate of drug-likeness (QED) is 0.765. The Kier molecular flexibility index (Phi) is 4.11. The average molecular weight is 250 g/mol. The number of ketones is 1. The fourth-order valence-electron chi connectivity index (χ4n) is 2.02. The second kappa shape index (κ2) is 5.58. The summed E-state index contributed by atoms with van der Waals surface area (Å²) in [5.74, 6) is 3.17. The topological polar surface area (TPSA) is 26.3 Å². The Morgan fingerprint density at radius 3 is 3.06 bits per heavy atom. The van der Waals surface area contributed by atoms with Crippen LogP contribution < -0.4 is 4.74 Å². The van der Waals surface area contributed by atoms with E-state index in [1.165, 1.54) is 0 Å². The molecular formula is C14H18O2S. The Labute approximate surface area is 107 Å². The summed E-state index contributed by atoms with van der Waals surface area (Å²) in [6.45, 7) is 4.15. The van der Waals surface area contributed by atoms with Crippen LogP contribution in [0, 0.1) is 6.92 Å². The van der Waals surface area contributed by atoms with Gasteiger partial charge in [0.05, 0.1) is 5.56 Å². The van der Waals surface area contributed by atoms with Crippen molar-refractivity contribution in [1.82, 2.24) is 0 Å². The molecular weight excluding hydrogens is 232 g/mol. The van der Waals surface area contributed by atoms with E-state index in [0.29, 0.717) is 6.42 Å². The van der Waals surface area contributed by atoms with E-state index >= 15 is 0 Å². The van der Waals surface area contributed by atoms with Crippen LogP contribution in [0.4, 0.5) is 0 Å². The van der Waals surface area contributed by atoms with Crippen LogP contribution in [0.25, 0.3) is 0 Å². The van der Waals surface area contributed by atoms with Gasteiger partial charge in [0, 0.05) is 6.42 Å². The molecule has 0 fully saturated rings. The zero-order chi connectivity index (χ0) is 12.3. The van der Waals surface area contributed by atoms with Gasteiger partial charge in [-0.2, -0.15) is 11.8 Å². The summed E-state index contributed by atoms with van der Waals surface area (Å²) in [7, 11) is 0. The number of carbonyl (C=O) groups excluding carboxylic acids is 1. The molecule has 3 heteroatoms. The van der Waals surface area contributed by atoms with Crippen LogP contribution in [0.3, 0.4) is 0 Å². The number of fused-ring (bicyclic) bond motifs is 1. The average Bonchev–Trinajstić information content (AvgIpc) is 2.31. The van der Waals surface area contributed by atoms with Gasteiger partial charge in [-0.25, -0.2) is 0 Å². The molecule has 0 bridgehead atoms. The highest BCUT2D eigenvalue weighted by molar-refractivity contribution is 7.99. The number of hydrogen-bond acceptors (Lipinski definition) is 3. The smallest absolute Gasteiger partial charge is 0.170 e. The Hall–Kier alpha value is -0.960. The van der Waals surface area contributed by atoms with Crippen molar-refractivity contribution in [1.29, 1.82) is 0 Å². The molecule has 1 heterocycles. The molecule has 1 aromatic rings. The highest BCUT2D eigenvalue weighted by atomic mass is 32.2. The first kappa shape index (κ1) is 12.5. The van der Waals surface area contributed by atoms with E-state index in [0.717, 1.165) is 34.8 Å². The summed E-state index contributed by atoms with van der Waals surface area (Å²) in [6.07, 6.45) is 1.55. The van der Waals surface area contributed by atoms with Crippen LogP contribution in [-0.4, -0.2) is 23.4 Å². The van der Waals surface area contributed by atoms with Gasteiger partial charge < -0.3 is 4.74 Å². The lowest BCUT2D eigenvalue weighted by molar-refractivity contribution is 0.0847.